The lowest BCUT2D eigenvalue weighted by Crippen LogP contribution is -2.23. The highest BCUT2D eigenvalue weighted by Crippen LogP contribution is 2.37. The van der Waals surface area contributed by atoms with Crippen molar-refractivity contribution in [1.29, 1.82) is 0 Å². The van der Waals surface area contributed by atoms with Crippen molar-refractivity contribution in [3.05, 3.63) is 71.4 Å². The number of hydrogen-bond acceptors (Lipinski definition) is 5. The number of rotatable bonds is 4. The number of alkyl halides is 3. The van der Waals surface area contributed by atoms with Crippen LogP contribution in [0.4, 0.5) is 13.2 Å². The molecule has 0 spiro atoms. The molecule has 1 aliphatic heterocycles. The molecule has 3 heterocycles. The number of benzene rings is 2. The number of hydrogen-bond donors (Lipinski definition) is 1. The minimum Gasteiger partial charge on any atom is -0.454 e. The van der Waals surface area contributed by atoms with Crippen molar-refractivity contribution < 1.29 is 27.4 Å². The van der Waals surface area contributed by atoms with Crippen LogP contribution in [0.15, 0.2) is 54.7 Å². The van der Waals surface area contributed by atoms with E-state index in [0.29, 0.717) is 22.5 Å². The van der Waals surface area contributed by atoms with E-state index in [1.807, 2.05) is 0 Å². The van der Waals surface area contributed by atoms with Crippen LogP contribution in [0, 0.1) is 0 Å². The number of pyridine rings is 1. The molecule has 168 valence electrons. The summed E-state index contributed by atoms with van der Waals surface area (Å²) in [4.78, 5) is 17.5. The third-order valence-electron chi connectivity index (χ3n) is 5.35. The second-order valence-electron chi connectivity index (χ2n) is 7.47. The minimum absolute atomic E-state index is 0.0345. The van der Waals surface area contributed by atoms with Gasteiger partial charge in [0.2, 0.25) is 6.79 Å². The lowest BCUT2D eigenvalue weighted by molar-refractivity contribution is -0.137. The quantitative estimate of drug-likeness (QED) is 0.497. The molecule has 0 unspecified atom stereocenters. The first-order valence-electron chi connectivity index (χ1n) is 9.97. The van der Waals surface area contributed by atoms with E-state index < -0.39 is 17.6 Å². The molecule has 0 bridgehead atoms. The van der Waals surface area contributed by atoms with Crippen LogP contribution in [0.1, 0.15) is 21.5 Å². The van der Waals surface area contributed by atoms with E-state index in [1.165, 1.54) is 35.1 Å². The average molecular weight is 454 g/mol. The number of amides is 1. The van der Waals surface area contributed by atoms with Gasteiger partial charge < -0.3 is 14.8 Å². The summed E-state index contributed by atoms with van der Waals surface area (Å²) in [7, 11) is 1.61. The summed E-state index contributed by atoms with van der Waals surface area (Å²) in [6, 6.07) is 11.8. The fourth-order valence-corrected chi connectivity index (χ4v) is 3.72. The number of nitrogens with one attached hydrogen (secondary N) is 1. The van der Waals surface area contributed by atoms with Crippen molar-refractivity contribution in [2.45, 2.75) is 12.7 Å². The Morgan fingerprint density at radius 1 is 1.12 bits per heavy atom. The van der Waals surface area contributed by atoms with Gasteiger partial charge in [0.1, 0.15) is 0 Å². The highest BCUT2D eigenvalue weighted by Gasteiger charge is 2.34. The highest BCUT2D eigenvalue weighted by molar-refractivity contribution is 6.06. The molecule has 2 aromatic carbocycles. The van der Waals surface area contributed by atoms with Gasteiger partial charge in [0, 0.05) is 19.2 Å². The van der Waals surface area contributed by atoms with E-state index in [9.17, 15) is 18.0 Å². The smallest absolute Gasteiger partial charge is 0.417 e. The number of fused-ring (bicyclic) bond motifs is 2. The summed E-state index contributed by atoms with van der Waals surface area (Å²) in [5.74, 6) is 0.759. The SMILES string of the molecule is Cn1ncc2c(C(=O)NCc3ccc4c(c3)OCO4)cc(-c3ccccc3C(F)(F)F)nc21. The van der Waals surface area contributed by atoms with E-state index in [-0.39, 0.29) is 30.2 Å². The van der Waals surface area contributed by atoms with E-state index in [4.69, 9.17) is 9.47 Å². The van der Waals surface area contributed by atoms with Crippen LogP contribution in [0.2, 0.25) is 0 Å². The number of ether oxygens (including phenoxy) is 2. The zero-order chi connectivity index (χ0) is 23.2. The van der Waals surface area contributed by atoms with Crippen LogP contribution in [0.3, 0.4) is 0 Å². The largest absolute Gasteiger partial charge is 0.454 e. The van der Waals surface area contributed by atoms with Gasteiger partial charge in [-0.2, -0.15) is 18.3 Å². The van der Waals surface area contributed by atoms with E-state index in [2.05, 4.69) is 15.4 Å². The Morgan fingerprint density at radius 2 is 1.91 bits per heavy atom. The zero-order valence-electron chi connectivity index (χ0n) is 17.3. The number of carbonyl (C=O) groups is 1. The molecule has 0 atom stereocenters. The molecule has 2 aromatic heterocycles. The lowest BCUT2D eigenvalue weighted by atomic mass is 10.0. The normalized spacial score (nSPS) is 12.8. The van der Waals surface area contributed by atoms with Crippen LogP contribution >= 0.6 is 0 Å². The van der Waals surface area contributed by atoms with Gasteiger partial charge in [0.25, 0.3) is 5.91 Å². The molecule has 7 nitrogen and oxygen atoms in total. The Bertz CT molecular complexity index is 1380. The van der Waals surface area contributed by atoms with Crippen LogP contribution in [0.5, 0.6) is 11.5 Å². The minimum atomic E-state index is -4.57. The predicted molar refractivity (Wildman–Crippen MR) is 113 cm³/mol. The van der Waals surface area contributed by atoms with Crippen molar-refractivity contribution in [2.24, 2.45) is 7.05 Å². The maximum atomic E-state index is 13.6. The van der Waals surface area contributed by atoms with Crippen LogP contribution < -0.4 is 14.8 Å². The van der Waals surface area contributed by atoms with E-state index in [1.54, 1.807) is 25.2 Å². The topological polar surface area (TPSA) is 78.3 Å². The molecule has 10 heteroatoms. The van der Waals surface area contributed by atoms with Gasteiger partial charge in [0.05, 0.1) is 28.4 Å². The molecule has 1 aliphatic rings. The number of halogens is 3. The van der Waals surface area contributed by atoms with Crippen molar-refractivity contribution in [3.8, 4) is 22.8 Å². The van der Waals surface area contributed by atoms with Crippen molar-refractivity contribution >= 4 is 16.9 Å². The van der Waals surface area contributed by atoms with Gasteiger partial charge in [-0.1, -0.05) is 24.3 Å². The molecule has 0 saturated carbocycles. The molecule has 4 aromatic rings. The molecule has 0 radical (unpaired) electrons. The molecule has 0 fully saturated rings. The Morgan fingerprint density at radius 3 is 2.73 bits per heavy atom. The first-order valence-corrected chi connectivity index (χ1v) is 9.97. The van der Waals surface area contributed by atoms with Crippen LogP contribution in [-0.2, 0) is 19.8 Å². The second kappa shape index (κ2) is 7.80. The van der Waals surface area contributed by atoms with Crippen molar-refractivity contribution in [1.82, 2.24) is 20.1 Å². The third-order valence-corrected chi connectivity index (χ3v) is 5.35. The fraction of sp³-hybridized carbons (Fsp3) is 0.174. The van der Waals surface area contributed by atoms with Crippen LogP contribution in [0.25, 0.3) is 22.3 Å². The number of carbonyl (C=O) groups excluding carboxylic acids is 1. The van der Waals surface area contributed by atoms with Crippen LogP contribution in [-0.4, -0.2) is 27.5 Å². The van der Waals surface area contributed by atoms with Gasteiger partial charge >= 0.3 is 6.18 Å². The molecular weight excluding hydrogens is 437 g/mol. The molecule has 1 N–H and O–H groups in total. The predicted octanol–water partition coefficient (Wildman–Crippen LogP) is 4.31. The molecular formula is C23H17F3N4O3. The molecule has 33 heavy (non-hydrogen) atoms. The first-order chi connectivity index (χ1) is 15.8. The Hall–Kier alpha value is -4.08. The monoisotopic (exact) mass is 454 g/mol. The Balaban J connectivity index is 1.51. The van der Waals surface area contributed by atoms with Gasteiger partial charge in [-0.05, 0) is 29.8 Å². The summed E-state index contributed by atoms with van der Waals surface area (Å²) >= 11 is 0. The summed E-state index contributed by atoms with van der Waals surface area (Å²) in [5, 5.41) is 7.37. The highest BCUT2D eigenvalue weighted by atomic mass is 19.4. The van der Waals surface area contributed by atoms with Gasteiger partial charge in [-0.15, -0.1) is 0 Å². The zero-order valence-corrected chi connectivity index (χ0v) is 17.3. The standard InChI is InChI=1S/C23H17F3N4O3/c1-30-21-16(11-28-30)15(9-18(29-21)14-4-2-3-5-17(14)23(24,25)26)22(31)27-10-13-6-7-19-20(8-13)33-12-32-19/h2-9,11H,10,12H2,1H3,(H,27,31). The summed E-state index contributed by atoms with van der Waals surface area (Å²) in [5.41, 5.74) is 0.362. The van der Waals surface area contributed by atoms with E-state index >= 15 is 0 Å². The summed E-state index contributed by atoms with van der Waals surface area (Å²) in [6.45, 7) is 0.331. The van der Waals surface area contributed by atoms with Gasteiger partial charge in [-0.25, -0.2) is 4.98 Å². The summed E-state index contributed by atoms with van der Waals surface area (Å²) < 4.78 is 52.8. The number of nitrogens with zero attached hydrogens (tertiary/aromatic N) is 3. The van der Waals surface area contributed by atoms with Crippen molar-refractivity contribution in [3.63, 3.8) is 0 Å². The average Bonchev–Trinajstić information content (AvgIpc) is 3.42. The summed E-state index contributed by atoms with van der Waals surface area (Å²) in [6.07, 6.45) is -3.10. The maximum absolute atomic E-state index is 13.6. The van der Waals surface area contributed by atoms with Gasteiger partial charge in [0.15, 0.2) is 17.1 Å². The third kappa shape index (κ3) is 3.84. The number of aryl methyl sites for hydroxylation is 1. The Labute approximate surface area is 185 Å². The fourth-order valence-electron chi connectivity index (χ4n) is 3.72. The Kier molecular flexibility index (Phi) is 4.92. The maximum Gasteiger partial charge on any atom is 0.417 e. The molecule has 0 aliphatic carbocycles. The van der Waals surface area contributed by atoms with E-state index in [0.717, 1.165) is 11.6 Å². The first kappa shape index (κ1) is 20.8. The van der Waals surface area contributed by atoms with Gasteiger partial charge in [-0.3, -0.25) is 9.48 Å². The lowest BCUT2D eigenvalue weighted by Gasteiger charge is -2.14. The number of aromatic nitrogens is 3. The second-order valence-corrected chi connectivity index (χ2v) is 7.47. The molecule has 0 saturated heterocycles. The van der Waals surface area contributed by atoms with Crippen molar-refractivity contribution in [2.75, 3.05) is 6.79 Å². The molecule has 1 amide bonds. The molecule has 5 rings (SSSR count).